The van der Waals surface area contributed by atoms with Gasteiger partial charge in [0, 0.05) is 25.2 Å². The van der Waals surface area contributed by atoms with E-state index in [9.17, 15) is 15.0 Å². The smallest absolute Gasteiger partial charge is 0.339 e. The van der Waals surface area contributed by atoms with Gasteiger partial charge in [-0.1, -0.05) is 18.2 Å². The molecule has 0 radical (unpaired) electrons. The van der Waals surface area contributed by atoms with Crippen molar-refractivity contribution in [1.82, 2.24) is 4.98 Å². The summed E-state index contributed by atoms with van der Waals surface area (Å²) >= 11 is 0. The molecule has 0 saturated carbocycles. The van der Waals surface area contributed by atoms with Crippen molar-refractivity contribution in [2.45, 2.75) is 12.5 Å². The number of fused-ring (bicyclic) bond motifs is 1. The molecule has 6 heteroatoms. The Bertz CT molecular complexity index is 630. The number of ether oxygens (including phenoxy) is 1. The van der Waals surface area contributed by atoms with Gasteiger partial charge >= 0.3 is 5.97 Å². The van der Waals surface area contributed by atoms with Crippen LogP contribution in [-0.4, -0.2) is 47.5 Å². The summed E-state index contributed by atoms with van der Waals surface area (Å²) in [5, 5.41) is 22.7. The van der Waals surface area contributed by atoms with E-state index in [0.29, 0.717) is 18.7 Å². The number of anilines is 1. The molecule has 0 spiro atoms. The Morgan fingerprint density at radius 3 is 2.90 bits per heavy atom. The summed E-state index contributed by atoms with van der Waals surface area (Å²) in [5.74, 6) is -1.03. The summed E-state index contributed by atoms with van der Waals surface area (Å²) in [6, 6.07) is 7.33. The highest BCUT2D eigenvalue weighted by molar-refractivity contribution is 6.04. The van der Waals surface area contributed by atoms with Crippen molar-refractivity contribution in [3.05, 3.63) is 36.0 Å². The zero-order valence-electron chi connectivity index (χ0n) is 11.7. The monoisotopic (exact) mass is 290 g/mol. The Labute approximate surface area is 122 Å². The average Bonchev–Trinajstić information content (AvgIpc) is 2.47. The molecule has 0 amide bonds. The Balaban J connectivity index is 2.23. The lowest BCUT2D eigenvalue weighted by Crippen LogP contribution is -2.19. The zero-order valence-corrected chi connectivity index (χ0v) is 11.7. The van der Waals surface area contributed by atoms with Gasteiger partial charge in [-0.2, -0.15) is 0 Å². The fraction of sp³-hybridized carbons (Fsp3) is 0.333. The Kier molecular flexibility index (Phi) is 5.08. The molecule has 2 aromatic rings. The molecular weight excluding hydrogens is 272 g/mol. The van der Waals surface area contributed by atoms with Crippen molar-refractivity contribution in [2.75, 3.05) is 25.6 Å². The molecule has 0 fully saturated rings. The van der Waals surface area contributed by atoms with E-state index >= 15 is 0 Å². The van der Waals surface area contributed by atoms with Gasteiger partial charge in [-0.25, -0.2) is 4.79 Å². The topological polar surface area (TPSA) is 91.7 Å². The summed E-state index contributed by atoms with van der Waals surface area (Å²) in [6.45, 7) is 0.698. The summed E-state index contributed by atoms with van der Waals surface area (Å²) in [4.78, 5) is 15.5. The van der Waals surface area contributed by atoms with Crippen LogP contribution in [0.25, 0.3) is 10.9 Å². The van der Waals surface area contributed by atoms with Crippen molar-refractivity contribution in [2.24, 2.45) is 0 Å². The fourth-order valence-electron chi connectivity index (χ4n) is 2.13. The Hall–Kier alpha value is -2.18. The van der Waals surface area contributed by atoms with E-state index in [1.165, 1.54) is 13.3 Å². The number of rotatable bonds is 7. The third-order valence-corrected chi connectivity index (χ3v) is 3.14. The second-order valence-electron chi connectivity index (χ2n) is 4.69. The van der Waals surface area contributed by atoms with Gasteiger partial charge in [-0.3, -0.25) is 4.98 Å². The molecule has 1 unspecified atom stereocenters. The third kappa shape index (κ3) is 3.68. The van der Waals surface area contributed by atoms with E-state index in [4.69, 9.17) is 4.74 Å². The minimum absolute atomic E-state index is 0.120. The number of para-hydroxylation sites is 1. The molecule has 112 valence electrons. The van der Waals surface area contributed by atoms with Crippen molar-refractivity contribution in [3.8, 4) is 0 Å². The zero-order chi connectivity index (χ0) is 15.2. The second kappa shape index (κ2) is 7.01. The molecule has 3 N–H and O–H groups in total. The molecule has 0 saturated heterocycles. The highest BCUT2D eigenvalue weighted by Gasteiger charge is 2.14. The fourth-order valence-corrected chi connectivity index (χ4v) is 2.13. The van der Waals surface area contributed by atoms with Crippen molar-refractivity contribution in [3.63, 3.8) is 0 Å². The van der Waals surface area contributed by atoms with Gasteiger partial charge in [0.1, 0.15) is 5.56 Å². The first-order valence-corrected chi connectivity index (χ1v) is 6.65. The molecule has 1 heterocycles. The summed E-state index contributed by atoms with van der Waals surface area (Å²) in [6.07, 6.45) is 1.23. The normalized spacial score (nSPS) is 12.3. The number of aromatic nitrogens is 1. The molecule has 0 aliphatic carbocycles. The average molecular weight is 290 g/mol. The van der Waals surface area contributed by atoms with E-state index in [0.717, 1.165) is 10.9 Å². The number of benzene rings is 1. The molecule has 2 rings (SSSR count). The number of methoxy groups -OCH3 is 1. The number of pyridine rings is 1. The van der Waals surface area contributed by atoms with Crippen LogP contribution in [0.3, 0.4) is 0 Å². The first-order chi connectivity index (χ1) is 10.1. The summed E-state index contributed by atoms with van der Waals surface area (Å²) in [5.41, 5.74) is 1.37. The standard InChI is InChI=1S/C15H18N2O4/c1-21-9-10(18)6-7-16-14-11-4-2-3-5-13(11)17-8-12(14)15(19)20/h2-5,8,10,18H,6-7,9H2,1H3,(H,16,17)(H,19,20). The van der Waals surface area contributed by atoms with Crippen LogP contribution in [0.1, 0.15) is 16.8 Å². The highest BCUT2D eigenvalue weighted by atomic mass is 16.5. The van der Waals surface area contributed by atoms with Gasteiger partial charge in [-0.05, 0) is 12.5 Å². The van der Waals surface area contributed by atoms with Crippen molar-refractivity contribution in [1.29, 1.82) is 0 Å². The van der Waals surface area contributed by atoms with E-state index in [1.54, 1.807) is 0 Å². The number of hydrogen-bond donors (Lipinski definition) is 3. The lowest BCUT2D eigenvalue weighted by Gasteiger charge is -2.14. The maximum Gasteiger partial charge on any atom is 0.339 e. The lowest BCUT2D eigenvalue weighted by molar-refractivity contribution is 0.0615. The van der Waals surface area contributed by atoms with Gasteiger partial charge in [-0.15, -0.1) is 0 Å². The molecular formula is C15H18N2O4. The predicted molar refractivity (Wildman–Crippen MR) is 79.7 cm³/mol. The van der Waals surface area contributed by atoms with Gasteiger partial charge in [0.15, 0.2) is 0 Å². The molecule has 1 aromatic heterocycles. The molecule has 0 bridgehead atoms. The van der Waals surface area contributed by atoms with Gasteiger partial charge in [0.25, 0.3) is 0 Å². The van der Waals surface area contributed by atoms with Crippen molar-refractivity contribution < 1.29 is 19.7 Å². The molecule has 21 heavy (non-hydrogen) atoms. The summed E-state index contributed by atoms with van der Waals surface area (Å²) in [7, 11) is 1.52. The maximum absolute atomic E-state index is 11.3. The number of nitrogens with one attached hydrogen (secondary N) is 1. The molecule has 0 aliphatic rings. The molecule has 0 aliphatic heterocycles. The minimum atomic E-state index is -1.03. The minimum Gasteiger partial charge on any atom is -0.478 e. The number of aromatic carboxylic acids is 1. The quantitative estimate of drug-likeness (QED) is 0.719. The van der Waals surface area contributed by atoms with Crippen molar-refractivity contribution >= 4 is 22.6 Å². The third-order valence-electron chi connectivity index (χ3n) is 3.14. The van der Waals surface area contributed by atoms with Crippen LogP contribution in [0.15, 0.2) is 30.5 Å². The van der Waals surface area contributed by atoms with E-state index in [1.807, 2.05) is 24.3 Å². The Morgan fingerprint density at radius 2 is 2.19 bits per heavy atom. The molecule has 6 nitrogen and oxygen atoms in total. The number of aliphatic hydroxyl groups is 1. The van der Waals surface area contributed by atoms with Crippen LogP contribution in [0.4, 0.5) is 5.69 Å². The first-order valence-electron chi connectivity index (χ1n) is 6.65. The number of nitrogens with zero attached hydrogens (tertiary/aromatic N) is 1. The number of hydrogen-bond acceptors (Lipinski definition) is 5. The molecule has 1 atom stereocenters. The lowest BCUT2D eigenvalue weighted by atomic mass is 10.1. The first kappa shape index (κ1) is 15.2. The van der Waals surface area contributed by atoms with Crippen LogP contribution < -0.4 is 5.32 Å². The molecule has 1 aromatic carbocycles. The van der Waals surface area contributed by atoms with E-state index < -0.39 is 12.1 Å². The van der Waals surface area contributed by atoms with E-state index in [2.05, 4.69) is 10.3 Å². The second-order valence-corrected chi connectivity index (χ2v) is 4.69. The number of carboxylic acid groups (broad SMARTS) is 1. The SMILES string of the molecule is COCC(O)CCNc1c(C(=O)O)cnc2ccccc12. The number of carbonyl (C=O) groups is 1. The van der Waals surface area contributed by atoms with Crippen LogP contribution in [0.5, 0.6) is 0 Å². The van der Waals surface area contributed by atoms with Crippen LogP contribution in [0.2, 0.25) is 0 Å². The van der Waals surface area contributed by atoms with Crippen LogP contribution >= 0.6 is 0 Å². The predicted octanol–water partition coefficient (Wildman–Crippen LogP) is 1.74. The van der Waals surface area contributed by atoms with Gasteiger partial charge in [0.2, 0.25) is 0 Å². The van der Waals surface area contributed by atoms with Crippen LogP contribution in [0, 0.1) is 0 Å². The number of carboxylic acids is 1. The summed E-state index contributed by atoms with van der Waals surface area (Å²) < 4.78 is 4.86. The van der Waals surface area contributed by atoms with E-state index in [-0.39, 0.29) is 12.2 Å². The van der Waals surface area contributed by atoms with Gasteiger partial charge in [0.05, 0.1) is 23.9 Å². The Morgan fingerprint density at radius 1 is 1.43 bits per heavy atom. The van der Waals surface area contributed by atoms with Gasteiger partial charge < -0.3 is 20.3 Å². The number of aliphatic hydroxyl groups excluding tert-OH is 1. The largest absolute Gasteiger partial charge is 0.478 e. The van der Waals surface area contributed by atoms with Crippen LogP contribution in [-0.2, 0) is 4.74 Å². The maximum atomic E-state index is 11.3. The highest BCUT2D eigenvalue weighted by Crippen LogP contribution is 2.25.